The van der Waals surface area contributed by atoms with E-state index >= 15 is 0 Å². The van der Waals surface area contributed by atoms with Gasteiger partial charge in [-0.05, 0) is 36.2 Å². The summed E-state index contributed by atoms with van der Waals surface area (Å²) < 4.78 is 29.2. The highest BCUT2D eigenvalue weighted by atomic mass is 127. The molecule has 0 bridgehead atoms. The summed E-state index contributed by atoms with van der Waals surface area (Å²) in [6.45, 7) is 2.04. The molecule has 2 aromatic rings. The third-order valence-electron chi connectivity index (χ3n) is 3.85. The highest BCUT2D eigenvalue weighted by molar-refractivity contribution is 14.0. The van der Waals surface area contributed by atoms with Gasteiger partial charge in [0.25, 0.3) is 0 Å². The smallest absolute Gasteiger partial charge is 0.231 e. The molecule has 0 saturated carbocycles. The molecule has 3 rings (SSSR count). The van der Waals surface area contributed by atoms with Crippen LogP contribution in [0.4, 0.5) is 4.39 Å². The van der Waals surface area contributed by atoms with Crippen molar-refractivity contribution in [3.63, 3.8) is 0 Å². The van der Waals surface area contributed by atoms with E-state index in [2.05, 4.69) is 15.6 Å². The van der Waals surface area contributed by atoms with Crippen molar-refractivity contribution in [2.24, 2.45) is 4.99 Å². The van der Waals surface area contributed by atoms with Gasteiger partial charge in [-0.25, -0.2) is 4.39 Å². The lowest BCUT2D eigenvalue weighted by molar-refractivity contribution is 0.173. The van der Waals surface area contributed by atoms with Crippen molar-refractivity contribution in [3.8, 4) is 17.2 Å². The standard InChI is InChI=1S/C19H22FN3O3.HI/c1-21-19(22-9-8-14-2-4-15(20)5-3-14)23-10-11-24-16-6-7-17-18(12-16)26-13-25-17;/h2-7,12H,8-11,13H2,1H3,(H2,21,22,23);1H. The fourth-order valence-corrected chi connectivity index (χ4v) is 2.50. The predicted molar refractivity (Wildman–Crippen MR) is 113 cm³/mol. The zero-order chi connectivity index (χ0) is 18.2. The molecule has 0 spiro atoms. The van der Waals surface area contributed by atoms with Crippen LogP contribution in [-0.4, -0.2) is 39.5 Å². The van der Waals surface area contributed by atoms with Crippen LogP contribution in [0.2, 0.25) is 0 Å². The molecule has 0 radical (unpaired) electrons. The summed E-state index contributed by atoms with van der Waals surface area (Å²) in [5.41, 5.74) is 1.07. The fraction of sp³-hybridized carbons (Fsp3) is 0.316. The molecule has 0 aliphatic carbocycles. The van der Waals surface area contributed by atoms with Crippen LogP contribution in [-0.2, 0) is 6.42 Å². The zero-order valence-electron chi connectivity index (χ0n) is 15.0. The van der Waals surface area contributed by atoms with Gasteiger partial charge >= 0.3 is 0 Å². The van der Waals surface area contributed by atoms with E-state index < -0.39 is 0 Å². The lowest BCUT2D eigenvalue weighted by Crippen LogP contribution is -2.40. The maximum absolute atomic E-state index is 12.9. The molecule has 1 aliphatic heterocycles. The lowest BCUT2D eigenvalue weighted by atomic mass is 10.1. The molecule has 6 nitrogen and oxygen atoms in total. The van der Waals surface area contributed by atoms with E-state index in [-0.39, 0.29) is 36.6 Å². The maximum Gasteiger partial charge on any atom is 0.231 e. The van der Waals surface area contributed by atoms with E-state index in [1.807, 2.05) is 18.2 Å². The Bertz CT molecular complexity index is 756. The predicted octanol–water partition coefficient (Wildman–Crippen LogP) is 2.96. The number of guanidine groups is 1. The molecule has 0 saturated heterocycles. The van der Waals surface area contributed by atoms with Gasteiger partial charge in [-0.1, -0.05) is 12.1 Å². The van der Waals surface area contributed by atoms with E-state index in [1.54, 1.807) is 19.2 Å². The number of fused-ring (bicyclic) bond motifs is 1. The van der Waals surface area contributed by atoms with Gasteiger partial charge in [0.2, 0.25) is 6.79 Å². The zero-order valence-corrected chi connectivity index (χ0v) is 17.4. The molecule has 1 aliphatic rings. The topological polar surface area (TPSA) is 64.1 Å². The summed E-state index contributed by atoms with van der Waals surface area (Å²) in [5, 5.41) is 6.40. The summed E-state index contributed by atoms with van der Waals surface area (Å²) >= 11 is 0. The van der Waals surface area contributed by atoms with Gasteiger partial charge in [0.05, 0.1) is 6.54 Å². The fourth-order valence-electron chi connectivity index (χ4n) is 2.50. The largest absolute Gasteiger partial charge is 0.492 e. The molecule has 2 aromatic carbocycles. The second-order valence-electron chi connectivity index (χ2n) is 5.67. The second-order valence-corrected chi connectivity index (χ2v) is 5.67. The molecule has 146 valence electrons. The number of aliphatic imine (C=N–C) groups is 1. The van der Waals surface area contributed by atoms with Gasteiger partial charge in [0.15, 0.2) is 17.5 Å². The molecule has 0 aromatic heterocycles. The monoisotopic (exact) mass is 487 g/mol. The lowest BCUT2D eigenvalue weighted by Gasteiger charge is -2.12. The van der Waals surface area contributed by atoms with Crippen LogP contribution in [0.1, 0.15) is 5.56 Å². The van der Waals surface area contributed by atoms with Crippen LogP contribution in [0.5, 0.6) is 17.2 Å². The summed E-state index contributed by atoms with van der Waals surface area (Å²) in [4.78, 5) is 4.17. The minimum atomic E-state index is -0.221. The number of rotatable bonds is 7. The van der Waals surface area contributed by atoms with Crippen molar-refractivity contribution in [2.75, 3.05) is 33.5 Å². The first-order chi connectivity index (χ1) is 12.7. The van der Waals surface area contributed by atoms with Crippen molar-refractivity contribution in [1.29, 1.82) is 0 Å². The highest BCUT2D eigenvalue weighted by Gasteiger charge is 2.13. The van der Waals surface area contributed by atoms with Crippen LogP contribution >= 0.6 is 24.0 Å². The first-order valence-corrected chi connectivity index (χ1v) is 8.46. The third kappa shape index (κ3) is 6.46. The first-order valence-electron chi connectivity index (χ1n) is 8.46. The van der Waals surface area contributed by atoms with E-state index in [9.17, 15) is 4.39 Å². The minimum absolute atomic E-state index is 0. The first kappa shape index (κ1) is 21.1. The van der Waals surface area contributed by atoms with Crippen LogP contribution in [0, 0.1) is 5.82 Å². The molecule has 0 unspecified atom stereocenters. The van der Waals surface area contributed by atoms with Gasteiger partial charge in [-0.15, -0.1) is 24.0 Å². The third-order valence-corrected chi connectivity index (χ3v) is 3.85. The SMILES string of the molecule is CN=C(NCCOc1ccc2c(c1)OCO2)NCCc1ccc(F)cc1.I. The Morgan fingerprint density at radius 3 is 2.59 bits per heavy atom. The summed E-state index contributed by atoms with van der Waals surface area (Å²) in [7, 11) is 1.71. The van der Waals surface area contributed by atoms with Gasteiger partial charge in [-0.3, -0.25) is 4.99 Å². The van der Waals surface area contributed by atoms with Crippen molar-refractivity contribution < 1.29 is 18.6 Å². The van der Waals surface area contributed by atoms with Crippen molar-refractivity contribution >= 4 is 29.9 Å². The molecule has 2 N–H and O–H groups in total. The van der Waals surface area contributed by atoms with Gasteiger partial charge in [-0.2, -0.15) is 0 Å². The Morgan fingerprint density at radius 1 is 1.07 bits per heavy atom. The number of nitrogens with zero attached hydrogens (tertiary/aromatic N) is 1. The van der Waals surface area contributed by atoms with Crippen LogP contribution in [0.15, 0.2) is 47.5 Å². The molecular weight excluding hydrogens is 464 g/mol. The van der Waals surface area contributed by atoms with E-state index in [1.165, 1.54) is 12.1 Å². The average Bonchev–Trinajstić information content (AvgIpc) is 3.13. The Hall–Kier alpha value is -2.23. The Morgan fingerprint density at radius 2 is 1.81 bits per heavy atom. The highest BCUT2D eigenvalue weighted by Crippen LogP contribution is 2.34. The van der Waals surface area contributed by atoms with Crippen molar-refractivity contribution in [1.82, 2.24) is 10.6 Å². The molecular formula is C19H23FIN3O3. The van der Waals surface area contributed by atoms with Crippen molar-refractivity contribution in [2.45, 2.75) is 6.42 Å². The molecule has 0 fully saturated rings. The molecule has 8 heteroatoms. The van der Waals surface area contributed by atoms with Crippen molar-refractivity contribution in [3.05, 3.63) is 53.8 Å². The quantitative estimate of drug-likeness (QED) is 0.272. The van der Waals surface area contributed by atoms with Gasteiger partial charge in [0.1, 0.15) is 18.2 Å². The normalized spacial score (nSPS) is 12.3. The Kier molecular flexibility index (Phi) is 8.43. The Labute approximate surface area is 175 Å². The van der Waals surface area contributed by atoms with Crippen LogP contribution < -0.4 is 24.8 Å². The molecule has 0 atom stereocenters. The number of nitrogens with one attached hydrogen (secondary N) is 2. The van der Waals surface area contributed by atoms with Gasteiger partial charge in [0, 0.05) is 19.7 Å². The van der Waals surface area contributed by atoms with E-state index in [4.69, 9.17) is 14.2 Å². The number of hydrogen-bond acceptors (Lipinski definition) is 4. The minimum Gasteiger partial charge on any atom is -0.492 e. The summed E-state index contributed by atoms with van der Waals surface area (Å²) in [6.07, 6.45) is 0.786. The molecule has 1 heterocycles. The average molecular weight is 487 g/mol. The van der Waals surface area contributed by atoms with Gasteiger partial charge < -0.3 is 24.8 Å². The Balaban J connectivity index is 0.00000261. The number of halogens is 2. The van der Waals surface area contributed by atoms with E-state index in [0.717, 1.165) is 23.5 Å². The van der Waals surface area contributed by atoms with Crippen LogP contribution in [0.3, 0.4) is 0 Å². The number of benzene rings is 2. The second kappa shape index (κ2) is 10.8. The number of ether oxygens (including phenoxy) is 3. The van der Waals surface area contributed by atoms with E-state index in [0.29, 0.717) is 31.4 Å². The molecule has 27 heavy (non-hydrogen) atoms. The maximum atomic E-state index is 12.9. The summed E-state index contributed by atoms with van der Waals surface area (Å²) in [6, 6.07) is 12.0. The number of hydrogen-bond donors (Lipinski definition) is 2. The summed E-state index contributed by atoms with van der Waals surface area (Å²) in [5.74, 6) is 2.65. The van der Waals surface area contributed by atoms with Crippen LogP contribution in [0.25, 0.3) is 0 Å². The molecule has 0 amide bonds.